The summed E-state index contributed by atoms with van der Waals surface area (Å²) < 4.78 is 10.5. The average molecular weight is 349 g/mol. The van der Waals surface area contributed by atoms with Crippen molar-refractivity contribution < 1.29 is 29.0 Å². The van der Waals surface area contributed by atoms with Gasteiger partial charge in [0.2, 0.25) is 0 Å². The molecule has 1 fully saturated rings. The number of carbonyl (C=O) groups excluding carboxylic acids is 2. The average Bonchev–Trinajstić information content (AvgIpc) is 3.04. The van der Waals surface area contributed by atoms with E-state index in [-0.39, 0.29) is 26.1 Å². The number of hydrogen-bond donors (Lipinski definition) is 1. The highest BCUT2D eigenvalue weighted by Crippen LogP contribution is 2.35. The lowest BCUT2D eigenvalue weighted by Crippen LogP contribution is -2.54. The van der Waals surface area contributed by atoms with Gasteiger partial charge in [-0.25, -0.2) is 9.59 Å². The highest BCUT2D eigenvalue weighted by atomic mass is 16.6. The van der Waals surface area contributed by atoms with Crippen molar-refractivity contribution in [2.45, 2.75) is 44.8 Å². The molecule has 7 heteroatoms. The molecule has 1 heterocycles. The predicted molar refractivity (Wildman–Crippen MR) is 88.8 cm³/mol. The van der Waals surface area contributed by atoms with Crippen LogP contribution in [0.5, 0.6) is 0 Å². The van der Waals surface area contributed by atoms with Crippen molar-refractivity contribution in [2.75, 3.05) is 13.2 Å². The Bertz CT molecular complexity index is 617. The molecule has 2 rings (SSSR count). The van der Waals surface area contributed by atoms with Crippen LogP contribution in [0.25, 0.3) is 0 Å². The number of carboxylic acid groups (broad SMARTS) is 1. The first-order chi connectivity index (χ1) is 12.0. The third kappa shape index (κ3) is 4.49. The smallest absolute Gasteiger partial charge is 0.411 e. The molecule has 1 saturated heterocycles. The summed E-state index contributed by atoms with van der Waals surface area (Å²) in [5, 5.41) is 8.99. The van der Waals surface area contributed by atoms with Crippen LogP contribution in [-0.2, 0) is 25.7 Å². The second-order valence-electron chi connectivity index (χ2n) is 5.94. The predicted octanol–water partition coefficient (Wildman–Crippen LogP) is 2.59. The van der Waals surface area contributed by atoms with Crippen molar-refractivity contribution in [1.29, 1.82) is 0 Å². The summed E-state index contributed by atoms with van der Waals surface area (Å²) in [6.45, 7) is 2.27. The van der Waals surface area contributed by atoms with E-state index in [1.165, 1.54) is 4.90 Å². The maximum Gasteiger partial charge on any atom is 0.411 e. The summed E-state index contributed by atoms with van der Waals surface area (Å²) in [5.41, 5.74) is -0.426. The highest BCUT2D eigenvalue weighted by molar-refractivity contribution is 5.87. The number of aliphatic carboxylic acids is 1. The van der Waals surface area contributed by atoms with Gasteiger partial charge in [0, 0.05) is 13.0 Å². The molecule has 0 radical (unpaired) electrons. The Morgan fingerprint density at radius 3 is 2.56 bits per heavy atom. The van der Waals surface area contributed by atoms with Crippen LogP contribution in [0.4, 0.5) is 4.79 Å². The van der Waals surface area contributed by atoms with Crippen LogP contribution in [0.3, 0.4) is 0 Å². The van der Waals surface area contributed by atoms with Crippen LogP contribution in [0, 0.1) is 0 Å². The van der Waals surface area contributed by atoms with Crippen molar-refractivity contribution >= 4 is 18.0 Å². The van der Waals surface area contributed by atoms with Gasteiger partial charge in [-0.2, -0.15) is 0 Å². The number of carbonyl (C=O) groups is 3. The summed E-state index contributed by atoms with van der Waals surface area (Å²) in [7, 11) is 0. The number of esters is 1. The molecule has 1 atom stereocenters. The van der Waals surface area contributed by atoms with E-state index >= 15 is 0 Å². The fraction of sp³-hybridized carbons (Fsp3) is 0.500. The number of amides is 1. The molecule has 1 aliphatic rings. The maximum absolute atomic E-state index is 12.5. The molecule has 1 aromatic carbocycles. The standard InChI is InChI=1S/C18H23NO6/c1-2-24-16(22)18(11-9-15(20)21)10-6-12-19(18)17(23)25-13-14-7-4-3-5-8-14/h3-5,7-8H,2,6,9-13H2,1H3,(H,20,21). The number of benzene rings is 1. The van der Waals surface area contributed by atoms with Crippen LogP contribution in [0.1, 0.15) is 38.2 Å². The van der Waals surface area contributed by atoms with Gasteiger partial charge in [0.25, 0.3) is 0 Å². The number of carboxylic acids is 1. The minimum Gasteiger partial charge on any atom is -0.481 e. The Balaban J connectivity index is 2.12. The van der Waals surface area contributed by atoms with Crippen LogP contribution < -0.4 is 0 Å². The van der Waals surface area contributed by atoms with Gasteiger partial charge in [0.05, 0.1) is 6.61 Å². The maximum atomic E-state index is 12.5. The molecule has 136 valence electrons. The zero-order valence-corrected chi connectivity index (χ0v) is 14.3. The molecule has 1 N–H and O–H groups in total. The van der Waals surface area contributed by atoms with Crippen molar-refractivity contribution in [1.82, 2.24) is 4.90 Å². The minimum atomic E-state index is -1.26. The molecule has 1 amide bonds. The Labute approximate surface area is 146 Å². The molecule has 1 aromatic rings. The molecular formula is C18H23NO6. The van der Waals surface area contributed by atoms with Crippen molar-refractivity contribution in [3.05, 3.63) is 35.9 Å². The first-order valence-electron chi connectivity index (χ1n) is 8.37. The second-order valence-corrected chi connectivity index (χ2v) is 5.94. The van der Waals surface area contributed by atoms with Gasteiger partial charge in [0.1, 0.15) is 12.1 Å². The quantitative estimate of drug-likeness (QED) is 0.761. The van der Waals surface area contributed by atoms with Crippen LogP contribution in [-0.4, -0.2) is 46.7 Å². The third-order valence-electron chi connectivity index (χ3n) is 4.32. The lowest BCUT2D eigenvalue weighted by Gasteiger charge is -2.35. The monoisotopic (exact) mass is 349 g/mol. The lowest BCUT2D eigenvalue weighted by molar-refractivity contribution is -0.156. The second kappa shape index (κ2) is 8.50. The number of ether oxygens (including phenoxy) is 2. The normalized spacial score (nSPS) is 19.5. The molecule has 1 aliphatic heterocycles. The number of hydrogen-bond acceptors (Lipinski definition) is 5. The fourth-order valence-electron chi connectivity index (χ4n) is 3.10. The molecule has 0 aromatic heterocycles. The van der Waals surface area contributed by atoms with Crippen molar-refractivity contribution in [2.24, 2.45) is 0 Å². The Kier molecular flexibility index (Phi) is 6.38. The van der Waals surface area contributed by atoms with Gasteiger partial charge < -0.3 is 14.6 Å². The summed E-state index contributed by atoms with van der Waals surface area (Å²) in [5.74, 6) is -1.58. The number of likely N-dealkylation sites (tertiary alicyclic amines) is 1. The van der Waals surface area contributed by atoms with Crippen LogP contribution >= 0.6 is 0 Å². The van der Waals surface area contributed by atoms with Crippen molar-refractivity contribution in [3.8, 4) is 0 Å². The molecule has 0 bridgehead atoms. The zero-order chi connectivity index (χ0) is 18.3. The molecule has 0 saturated carbocycles. The zero-order valence-electron chi connectivity index (χ0n) is 14.3. The largest absolute Gasteiger partial charge is 0.481 e. The molecule has 0 spiro atoms. The van der Waals surface area contributed by atoms with Crippen LogP contribution in [0.2, 0.25) is 0 Å². The fourth-order valence-corrected chi connectivity index (χ4v) is 3.10. The van der Waals surface area contributed by atoms with Crippen molar-refractivity contribution in [3.63, 3.8) is 0 Å². The first-order valence-corrected chi connectivity index (χ1v) is 8.37. The first kappa shape index (κ1) is 18.8. The Hall–Kier alpha value is -2.57. The molecule has 7 nitrogen and oxygen atoms in total. The third-order valence-corrected chi connectivity index (χ3v) is 4.32. The van der Waals surface area contributed by atoms with E-state index in [1.807, 2.05) is 30.3 Å². The lowest BCUT2D eigenvalue weighted by atomic mass is 9.90. The summed E-state index contributed by atoms with van der Waals surface area (Å²) in [6.07, 6.45) is 0.140. The van der Waals surface area contributed by atoms with E-state index < -0.39 is 23.6 Å². The molecular weight excluding hydrogens is 326 g/mol. The minimum absolute atomic E-state index is 0.0155. The van der Waals surface area contributed by atoms with E-state index in [0.29, 0.717) is 19.4 Å². The highest BCUT2D eigenvalue weighted by Gasteiger charge is 2.51. The molecule has 1 unspecified atom stereocenters. The molecule has 25 heavy (non-hydrogen) atoms. The summed E-state index contributed by atoms with van der Waals surface area (Å²) in [6, 6.07) is 9.22. The molecule has 0 aliphatic carbocycles. The SMILES string of the molecule is CCOC(=O)C1(CCC(=O)O)CCCN1C(=O)OCc1ccccc1. The van der Waals surface area contributed by atoms with Gasteiger partial charge in [-0.15, -0.1) is 0 Å². The number of rotatable bonds is 7. The summed E-state index contributed by atoms with van der Waals surface area (Å²) in [4.78, 5) is 37.3. The van der Waals surface area contributed by atoms with E-state index in [1.54, 1.807) is 6.92 Å². The van der Waals surface area contributed by atoms with E-state index in [2.05, 4.69) is 0 Å². The van der Waals surface area contributed by atoms with Gasteiger partial charge in [-0.05, 0) is 31.7 Å². The Morgan fingerprint density at radius 1 is 1.20 bits per heavy atom. The topological polar surface area (TPSA) is 93.1 Å². The Morgan fingerprint density at radius 2 is 1.92 bits per heavy atom. The van der Waals surface area contributed by atoms with E-state index in [9.17, 15) is 14.4 Å². The van der Waals surface area contributed by atoms with Gasteiger partial charge in [-0.1, -0.05) is 30.3 Å². The van der Waals surface area contributed by atoms with E-state index in [4.69, 9.17) is 14.6 Å². The van der Waals surface area contributed by atoms with E-state index in [0.717, 1.165) is 5.56 Å². The van der Waals surface area contributed by atoms with Gasteiger partial charge in [-0.3, -0.25) is 9.69 Å². The summed E-state index contributed by atoms with van der Waals surface area (Å²) >= 11 is 0. The van der Waals surface area contributed by atoms with Crippen LogP contribution in [0.15, 0.2) is 30.3 Å². The van der Waals surface area contributed by atoms with Gasteiger partial charge >= 0.3 is 18.0 Å². The van der Waals surface area contributed by atoms with Gasteiger partial charge in [0.15, 0.2) is 0 Å². The number of nitrogens with zero attached hydrogens (tertiary/aromatic N) is 1.